The van der Waals surface area contributed by atoms with Crippen LogP contribution in [-0.4, -0.2) is 10.9 Å². The van der Waals surface area contributed by atoms with Crippen molar-refractivity contribution in [2.75, 3.05) is 0 Å². The number of rotatable bonds is 4. The van der Waals surface area contributed by atoms with Crippen molar-refractivity contribution >= 4 is 17.2 Å². The third-order valence-electron chi connectivity index (χ3n) is 3.74. The van der Waals surface area contributed by atoms with Crippen molar-refractivity contribution in [2.45, 2.75) is 25.8 Å². The van der Waals surface area contributed by atoms with Gasteiger partial charge in [0.25, 0.3) is 0 Å². The molecule has 0 aliphatic heterocycles. The van der Waals surface area contributed by atoms with Crippen LogP contribution in [0, 0.1) is 5.92 Å². The van der Waals surface area contributed by atoms with Crippen LogP contribution in [0.2, 0.25) is 0 Å². The minimum Gasteiger partial charge on any atom is -0.352 e. The van der Waals surface area contributed by atoms with Gasteiger partial charge in [-0.25, -0.2) is 0 Å². The van der Waals surface area contributed by atoms with E-state index in [2.05, 4.69) is 28.5 Å². The number of carbonyl (C=O) groups excluding carboxylic acids is 1. The van der Waals surface area contributed by atoms with Crippen LogP contribution in [0.4, 0.5) is 0 Å². The Morgan fingerprint density at radius 1 is 1.33 bits per heavy atom. The maximum Gasteiger partial charge on any atom is 0.223 e. The summed E-state index contributed by atoms with van der Waals surface area (Å²) in [5.41, 5.74) is 2.04. The van der Waals surface area contributed by atoms with Crippen molar-refractivity contribution < 1.29 is 4.79 Å². The summed E-state index contributed by atoms with van der Waals surface area (Å²) in [6, 6.07) is 8.03. The Labute approximate surface area is 128 Å². The zero-order valence-corrected chi connectivity index (χ0v) is 12.6. The van der Waals surface area contributed by atoms with Gasteiger partial charge in [0.05, 0.1) is 10.6 Å². The van der Waals surface area contributed by atoms with Crippen LogP contribution in [0.5, 0.6) is 0 Å². The molecule has 0 aromatic carbocycles. The van der Waals surface area contributed by atoms with Gasteiger partial charge in [0.2, 0.25) is 5.91 Å². The fourth-order valence-electron chi connectivity index (χ4n) is 2.57. The number of nitrogens with one attached hydrogen (secondary N) is 1. The molecular weight excluding hydrogens is 280 g/mol. The standard InChI is InChI=1S/C17H18N2OS/c20-17(13-6-2-1-3-7-13)19-12-14-8-4-10-18-16(14)15-9-5-11-21-15/h1-2,4-5,8-11,13H,3,6-7,12H2,(H,19,20)/t13-/m0/s1. The molecule has 0 unspecified atom stereocenters. The maximum atomic E-state index is 12.2. The highest BCUT2D eigenvalue weighted by atomic mass is 32.1. The summed E-state index contributed by atoms with van der Waals surface area (Å²) < 4.78 is 0. The largest absolute Gasteiger partial charge is 0.352 e. The third kappa shape index (κ3) is 3.39. The average molecular weight is 298 g/mol. The molecule has 1 atom stereocenters. The zero-order valence-electron chi connectivity index (χ0n) is 11.8. The molecule has 4 heteroatoms. The Morgan fingerprint density at radius 3 is 3.05 bits per heavy atom. The molecule has 0 saturated carbocycles. The molecule has 2 aromatic rings. The lowest BCUT2D eigenvalue weighted by Crippen LogP contribution is -2.30. The summed E-state index contributed by atoms with van der Waals surface area (Å²) in [7, 11) is 0. The van der Waals surface area contributed by atoms with E-state index in [1.54, 1.807) is 17.5 Å². The highest BCUT2D eigenvalue weighted by Crippen LogP contribution is 2.26. The second kappa shape index (κ2) is 6.68. The van der Waals surface area contributed by atoms with Crippen LogP contribution >= 0.6 is 11.3 Å². The van der Waals surface area contributed by atoms with Crippen LogP contribution in [0.25, 0.3) is 10.6 Å². The van der Waals surface area contributed by atoms with Gasteiger partial charge in [-0.2, -0.15) is 0 Å². The minimum atomic E-state index is 0.122. The van der Waals surface area contributed by atoms with Crippen LogP contribution in [0.1, 0.15) is 24.8 Å². The second-order valence-electron chi connectivity index (χ2n) is 5.19. The fraction of sp³-hybridized carbons (Fsp3) is 0.294. The van der Waals surface area contributed by atoms with Gasteiger partial charge in [-0.1, -0.05) is 24.3 Å². The molecule has 0 spiro atoms. The predicted molar refractivity (Wildman–Crippen MR) is 85.9 cm³/mol. The molecule has 2 heterocycles. The Bertz CT molecular complexity index is 634. The first-order valence-electron chi connectivity index (χ1n) is 7.25. The van der Waals surface area contributed by atoms with E-state index in [1.165, 1.54) is 0 Å². The Hall–Kier alpha value is -1.94. The van der Waals surface area contributed by atoms with E-state index in [0.29, 0.717) is 6.54 Å². The van der Waals surface area contributed by atoms with E-state index in [-0.39, 0.29) is 11.8 Å². The number of nitrogens with zero attached hydrogens (tertiary/aromatic N) is 1. The molecule has 0 bridgehead atoms. The first-order valence-corrected chi connectivity index (χ1v) is 8.13. The molecule has 108 valence electrons. The molecule has 0 saturated heterocycles. The highest BCUT2D eigenvalue weighted by molar-refractivity contribution is 7.13. The summed E-state index contributed by atoms with van der Waals surface area (Å²) in [5, 5.41) is 5.11. The number of pyridine rings is 1. The molecule has 1 aliphatic carbocycles. The summed E-state index contributed by atoms with van der Waals surface area (Å²) >= 11 is 1.67. The van der Waals surface area contributed by atoms with Gasteiger partial charge in [0, 0.05) is 18.7 Å². The number of allylic oxidation sites excluding steroid dienone is 2. The van der Waals surface area contributed by atoms with E-state index in [1.807, 2.05) is 23.6 Å². The summed E-state index contributed by atoms with van der Waals surface area (Å²) in [6.07, 6.45) is 8.87. The van der Waals surface area contributed by atoms with Crippen molar-refractivity contribution in [3.05, 3.63) is 53.6 Å². The molecule has 3 rings (SSSR count). The first-order chi connectivity index (χ1) is 10.3. The van der Waals surface area contributed by atoms with E-state index in [4.69, 9.17) is 0 Å². The molecular formula is C17H18N2OS. The van der Waals surface area contributed by atoms with E-state index in [0.717, 1.165) is 35.4 Å². The maximum absolute atomic E-state index is 12.2. The number of carbonyl (C=O) groups is 1. The van der Waals surface area contributed by atoms with Gasteiger partial charge in [-0.15, -0.1) is 11.3 Å². The number of hydrogen-bond donors (Lipinski definition) is 1. The zero-order chi connectivity index (χ0) is 14.5. The molecule has 3 nitrogen and oxygen atoms in total. The number of thiophene rings is 1. The van der Waals surface area contributed by atoms with Gasteiger partial charge < -0.3 is 5.32 Å². The number of amides is 1. The average Bonchev–Trinajstić information content (AvgIpc) is 3.08. The summed E-state index contributed by atoms with van der Waals surface area (Å²) in [5.74, 6) is 0.275. The third-order valence-corrected chi connectivity index (χ3v) is 4.62. The predicted octanol–water partition coefficient (Wildman–Crippen LogP) is 3.78. The SMILES string of the molecule is O=C(NCc1cccnc1-c1cccs1)[C@H]1CC=CCC1. The number of hydrogen-bond acceptors (Lipinski definition) is 3. The van der Waals surface area contributed by atoms with Crippen molar-refractivity contribution in [2.24, 2.45) is 5.92 Å². The van der Waals surface area contributed by atoms with Gasteiger partial charge in [-0.05, 0) is 42.3 Å². The fourth-order valence-corrected chi connectivity index (χ4v) is 3.33. The van der Waals surface area contributed by atoms with Gasteiger partial charge in [0.1, 0.15) is 0 Å². The lowest BCUT2D eigenvalue weighted by molar-refractivity contribution is -0.125. The van der Waals surface area contributed by atoms with Gasteiger partial charge in [0.15, 0.2) is 0 Å². The molecule has 2 aromatic heterocycles. The van der Waals surface area contributed by atoms with E-state index in [9.17, 15) is 4.79 Å². The van der Waals surface area contributed by atoms with Crippen molar-refractivity contribution in [1.29, 1.82) is 0 Å². The van der Waals surface area contributed by atoms with Crippen molar-refractivity contribution in [1.82, 2.24) is 10.3 Å². The van der Waals surface area contributed by atoms with E-state index >= 15 is 0 Å². The Kier molecular flexibility index (Phi) is 4.46. The molecule has 1 N–H and O–H groups in total. The highest BCUT2D eigenvalue weighted by Gasteiger charge is 2.18. The first kappa shape index (κ1) is 14.0. The molecule has 0 radical (unpaired) electrons. The quantitative estimate of drug-likeness (QED) is 0.873. The minimum absolute atomic E-state index is 0.122. The molecule has 0 fully saturated rings. The summed E-state index contributed by atoms with van der Waals surface area (Å²) in [4.78, 5) is 17.8. The number of aromatic nitrogens is 1. The molecule has 1 amide bonds. The Morgan fingerprint density at radius 2 is 2.29 bits per heavy atom. The topological polar surface area (TPSA) is 42.0 Å². The Balaban J connectivity index is 1.68. The van der Waals surface area contributed by atoms with Gasteiger partial charge in [-0.3, -0.25) is 9.78 Å². The second-order valence-corrected chi connectivity index (χ2v) is 6.14. The van der Waals surface area contributed by atoms with Crippen LogP contribution in [0.15, 0.2) is 48.0 Å². The van der Waals surface area contributed by atoms with Crippen LogP contribution in [0.3, 0.4) is 0 Å². The van der Waals surface area contributed by atoms with Gasteiger partial charge >= 0.3 is 0 Å². The molecule has 1 aliphatic rings. The lowest BCUT2D eigenvalue weighted by atomic mass is 9.93. The van der Waals surface area contributed by atoms with Crippen LogP contribution < -0.4 is 5.32 Å². The van der Waals surface area contributed by atoms with E-state index < -0.39 is 0 Å². The van der Waals surface area contributed by atoms with Crippen molar-refractivity contribution in [3.63, 3.8) is 0 Å². The monoisotopic (exact) mass is 298 g/mol. The molecule has 21 heavy (non-hydrogen) atoms. The normalized spacial score (nSPS) is 17.6. The van der Waals surface area contributed by atoms with Crippen molar-refractivity contribution in [3.8, 4) is 10.6 Å². The smallest absolute Gasteiger partial charge is 0.223 e. The summed E-state index contributed by atoms with van der Waals surface area (Å²) in [6.45, 7) is 0.542. The van der Waals surface area contributed by atoms with Crippen LogP contribution in [-0.2, 0) is 11.3 Å². The lowest BCUT2D eigenvalue weighted by Gasteiger charge is -2.17.